The molecule has 0 aromatic carbocycles. The van der Waals surface area contributed by atoms with E-state index in [1.54, 1.807) is 24.6 Å². The molecular formula is C14H18N4O3S. The van der Waals surface area contributed by atoms with E-state index in [2.05, 4.69) is 9.88 Å². The molecule has 8 heteroatoms. The second-order valence-electron chi connectivity index (χ2n) is 5.34. The Labute approximate surface area is 131 Å². The van der Waals surface area contributed by atoms with E-state index >= 15 is 0 Å². The van der Waals surface area contributed by atoms with Crippen LogP contribution < -0.4 is 11.2 Å². The summed E-state index contributed by atoms with van der Waals surface area (Å²) in [5.74, 6) is 0. The molecule has 1 aliphatic rings. The van der Waals surface area contributed by atoms with Crippen molar-refractivity contribution in [2.75, 3.05) is 19.7 Å². The second-order valence-corrected chi connectivity index (χ2v) is 6.27. The maximum absolute atomic E-state index is 12.0. The molecule has 2 aromatic rings. The van der Waals surface area contributed by atoms with Crippen LogP contribution in [0.1, 0.15) is 16.8 Å². The van der Waals surface area contributed by atoms with E-state index in [1.165, 1.54) is 17.7 Å². The van der Waals surface area contributed by atoms with E-state index in [0.29, 0.717) is 25.4 Å². The SMILES string of the molecule is Cn1c(CN2CCOC(c3nccs3)C2)cc(=O)n(C)c1=O. The van der Waals surface area contributed by atoms with Gasteiger partial charge in [-0.2, -0.15) is 0 Å². The molecule has 0 spiro atoms. The zero-order valence-corrected chi connectivity index (χ0v) is 13.4. The number of hydrogen-bond donors (Lipinski definition) is 0. The van der Waals surface area contributed by atoms with Gasteiger partial charge in [-0.25, -0.2) is 9.78 Å². The first-order chi connectivity index (χ1) is 10.6. The van der Waals surface area contributed by atoms with Crippen LogP contribution in [0.5, 0.6) is 0 Å². The number of thiazole rings is 1. The van der Waals surface area contributed by atoms with Crippen LogP contribution in [0.3, 0.4) is 0 Å². The van der Waals surface area contributed by atoms with E-state index in [0.717, 1.165) is 16.1 Å². The Hall–Kier alpha value is -1.77. The second kappa shape index (κ2) is 6.15. The molecule has 1 saturated heterocycles. The topological polar surface area (TPSA) is 69.4 Å². The van der Waals surface area contributed by atoms with Crippen LogP contribution in [-0.2, 0) is 25.4 Å². The molecule has 0 radical (unpaired) electrons. The van der Waals surface area contributed by atoms with Gasteiger partial charge in [0.2, 0.25) is 0 Å². The normalized spacial score (nSPS) is 19.5. The van der Waals surface area contributed by atoms with Gasteiger partial charge in [0.1, 0.15) is 11.1 Å². The summed E-state index contributed by atoms with van der Waals surface area (Å²) in [6, 6.07) is 1.52. The Morgan fingerprint density at radius 2 is 2.18 bits per heavy atom. The van der Waals surface area contributed by atoms with Crippen molar-refractivity contribution < 1.29 is 4.74 Å². The van der Waals surface area contributed by atoms with E-state index in [-0.39, 0.29) is 17.4 Å². The minimum absolute atomic E-state index is 0.0441. The van der Waals surface area contributed by atoms with Gasteiger partial charge >= 0.3 is 5.69 Å². The van der Waals surface area contributed by atoms with Gasteiger partial charge in [0, 0.05) is 57.1 Å². The van der Waals surface area contributed by atoms with Crippen LogP contribution in [0.4, 0.5) is 0 Å². The van der Waals surface area contributed by atoms with Crippen LogP contribution in [0.2, 0.25) is 0 Å². The lowest BCUT2D eigenvalue weighted by atomic mass is 10.2. The van der Waals surface area contributed by atoms with Gasteiger partial charge in [0.05, 0.1) is 6.61 Å². The fraction of sp³-hybridized carbons (Fsp3) is 0.500. The summed E-state index contributed by atoms with van der Waals surface area (Å²) in [6.45, 7) is 2.64. The van der Waals surface area contributed by atoms with Gasteiger partial charge in [0.25, 0.3) is 5.56 Å². The molecule has 3 heterocycles. The fourth-order valence-corrected chi connectivity index (χ4v) is 3.23. The van der Waals surface area contributed by atoms with Gasteiger partial charge in [-0.05, 0) is 0 Å². The molecule has 3 rings (SSSR count). The standard InChI is InChI=1S/C14H18N4O3S/c1-16-10(7-12(19)17(2)14(16)20)8-18-4-5-21-11(9-18)13-15-3-6-22-13/h3,6-7,11H,4-5,8-9H2,1-2H3. The Morgan fingerprint density at radius 3 is 2.91 bits per heavy atom. The average molecular weight is 322 g/mol. The first-order valence-electron chi connectivity index (χ1n) is 7.05. The molecule has 1 aliphatic heterocycles. The molecule has 1 fully saturated rings. The summed E-state index contributed by atoms with van der Waals surface area (Å²) in [7, 11) is 3.18. The minimum Gasteiger partial charge on any atom is -0.368 e. The van der Waals surface area contributed by atoms with Crippen molar-refractivity contribution in [2.45, 2.75) is 12.6 Å². The maximum atomic E-state index is 12.0. The molecule has 1 atom stereocenters. The van der Waals surface area contributed by atoms with Gasteiger partial charge in [0.15, 0.2) is 0 Å². The molecule has 0 aliphatic carbocycles. The molecule has 2 aromatic heterocycles. The molecule has 0 saturated carbocycles. The Bertz CT molecular complexity index is 765. The van der Waals surface area contributed by atoms with Crippen LogP contribution in [0.15, 0.2) is 27.2 Å². The monoisotopic (exact) mass is 322 g/mol. The smallest absolute Gasteiger partial charge is 0.330 e. The lowest BCUT2D eigenvalue weighted by Crippen LogP contribution is -2.42. The van der Waals surface area contributed by atoms with Gasteiger partial charge in [-0.1, -0.05) is 0 Å². The number of nitrogens with zero attached hydrogens (tertiary/aromatic N) is 4. The van der Waals surface area contributed by atoms with Crippen LogP contribution in [0, 0.1) is 0 Å². The van der Waals surface area contributed by atoms with Crippen molar-refractivity contribution in [3.05, 3.63) is 49.2 Å². The van der Waals surface area contributed by atoms with Crippen LogP contribution >= 0.6 is 11.3 Å². The van der Waals surface area contributed by atoms with Crippen molar-refractivity contribution in [2.24, 2.45) is 14.1 Å². The highest BCUT2D eigenvalue weighted by Gasteiger charge is 2.24. The molecule has 22 heavy (non-hydrogen) atoms. The summed E-state index contributed by atoms with van der Waals surface area (Å²) in [5, 5.41) is 2.89. The highest BCUT2D eigenvalue weighted by atomic mass is 32.1. The predicted molar refractivity (Wildman–Crippen MR) is 83.0 cm³/mol. The largest absolute Gasteiger partial charge is 0.368 e. The quantitative estimate of drug-likeness (QED) is 0.802. The molecule has 1 unspecified atom stereocenters. The molecule has 7 nitrogen and oxygen atoms in total. The van der Waals surface area contributed by atoms with Crippen molar-refractivity contribution in [1.29, 1.82) is 0 Å². The molecule has 0 amide bonds. The van der Waals surface area contributed by atoms with Crippen molar-refractivity contribution in [1.82, 2.24) is 19.0 Å². The van der Waals surface area contributed by atoms with E-state index in [4.69, 9.17) is 4.74 Å². The summed E-state index contributed by atoms with van der Waals surface area (Å²) in [5.41, 5.74) is 0.142. The summed E-state index contributed by atoms with van der Waals surface area (Å²) in [4.78, 5) is 30.3. The van der Waals surface area contributed by atoms with Crippen LogP contribution in [-0.4, -0.2) is 38.7 Å². The van der Waals surface area contributed by atoms with Crippen molar-refractivity contribution in [3.63, 3.8) is 0 Å². The lowest BCUT2D eigenvalue weighted by molar-refractivity contribution is -0.0337. The van der Waals surface area contributed by atoms with E-state index in [9.17, 15) is 9.59 Å². The van der Waals surface area contributed by atoms with Crippen molar-refractivity contribution >= 4 is 11.3 Å². The third-order valence-electron chi connectivity index (χ3n) is 3.89. The van der Waals surface area contributed by atoms with Crippen molar-refractivity contribution in [3.8, 4) is 0 Å². The zero-order valence-electron chi connectivity index (χ0n) is 12.6. The molecule has 0 N–H and O–H groups in total. The first-order valence-corrected chi connectivity index (χ1v) is 7.93. The minimum atomic E-state index is -0.299. The number of hydrogen-bond acceptors (Lipinski definition) is 6. The fourth-order valence-electron chi connectivity index (χ4n) is 2.55. The third-order valence-corrected chi connectivity index (χ3v) is 4.76. The van der Waals surface area contributed by atoms with Gasteiger partial charge in [-0.3, -0.25) is 18.8 Å². The maximum Gasteiger partial charge on any atom is 0.330 e. The zero-order chi connectivity index (χ0) is 15.7. The van der Waals surface area contributed by atoms with Gasteiger partial charge in [-0.15, -0.1) is 11.3 Å². The first kappa shape index (κ1) is 15.1. The average Bonchev–Trinajstić information content (AvgIpc) is 3.05. The Morgan fingerprint density at radius 1 is 1.36 bits per heavy atom. The third kappa shape index (κ3) is 2.90. The molecular weight excluding hydrogens is 304 g/mol. The Kier molecular flexibility index (Phi) is 4.23. The van der Waals surface area contributed by atoms with Gasteiger partial charge < -0.3 is 4.74 Å². The van der Waals surface area contributed by atoms with E-state index in [1.807, 2.05) is 5.38 Å². The number of morpholine rings is 1. The number of rotatable bonds is 3. The number of aromatic nitrogens is 3. The Balaban J connectivity index is 1.79. The summed E-state index contributed by atoms with van der Waals surface area (Å²) in [6.07, 6.45) is 1.73. The molecule has 0 bridgehead atoms. The number of ether oxygens (including phenoxy) is 1. The molecule has 118 valence electrons. The van der Waals surface area contributed by atoms with E-state index < -0.39 is 0 Å². The predicted octanol–water partition coefficient (Wildman–Crippen LogP) is 0.114. The van der Waals surface area contributed by atoms with Crippen LogP contribution in [0.25, 0.3) is 0 Å². The summed E-state index contributed by atoms with van der Waals surface area (Å²) >= 11 is 1.58. The highest BCUT2D eigenvalue weighted by Crippen LogP contribution is 2.24. The highest BCUT2D eigenvalue weighted by molar-refractivity contribution is 7.09. The lowest BCUT2D eigenvalue weighted by Gasteiger charge is -2.32. The summed E-state index contributed by atoms with van der Waals surface area (Å²) < 4.78 is 8.39.